The molecule has 0 radical (unpaired) electrons. The number of rotatable bonds is 4. The second-order valence-corrected chi connectivity index (χ2v) is 4.16. The van der Waals surface area contributed by atoms with E-state index < -0.39 is 0 Å². The van der Waals surface area contributed by atoms with Gasteiger partial charge in [0.2, 0.25) is 12.7 Å². The molecule has 1 amide bonds. The van der Waals surface area contributed by atoms with Crippen molar-refractivity contribution < 1.29 is 19.4 Å². The van der Waals surface area contributed by atoms with E-state index in [-0.39, 0.29) is 25.9 Å². The van der Waals surface area contributed by atoms with Gasteiger partial charge in [0.25, 0.3) is 0 Å². The zero-order valence-corrected chi connectivity index (χ0v) is 10.4. The fourth-order valence-electron chi connectivity index (χ4n) is 1.85. The van der Waals surface area contributed by atoms with Crippen LogP contribution in [0.15, 0.2) is 24.4 Å². The molecule has 8 nitrogen and oxygen atoms in total. The van der Waals surface area contributed by atoms with Gasteiger partial charge in [-0.3, -0.25) is 4.79 Å². The number of amides is 1. The van der Waals surface area contributed by atoms with Gasteiger partial charge < -0.3 is 19.9 Å². The lowest BCUT2D eigenvalue weighted by Gasteiger charge is -2.07. The van der Waals surface area contributed by atoms with Crippen molar-refractivity contribution in [2.24, 2.45) is 0 Å². The van der Waals surface area contributed by atoms with Gasteiger partial charge in [-0.05, 0) is 12.1 Å². The van der Waals surface area contributed by atoms with Crippen LogP contribution in [-0.2, 0) is 17.9 Å². The van der Waals surface area contributed by atoms with E-state index in [1.165, 1.54) is 10.9 Å². The molecule has 0 fully saturated rings. The summed E-state index contributed by atoms with van der Waals surface area (Å²) in [5, 5.41) is 19.1. The third-order valence-electron chi connectivity index (χ3n) is 2.81. The maximum Gasteiger partial charge on any atom is 0.246 e. The average Bonchev–Trinajstić information content (AvgIpc) is 3.06. The third-order valence-corrected chi connectivity index (χ3v) is 2.81. The van der Waals surface area contributed by atoms with Gasteiger partial charge in [-0.25, -0.2) is 4.68 Å². The van der Waals surface area contributed by atoms with Crippen LogP contribution in [0, 0.1) is 0 Å². The molecule has 0 unspecified atom stereocenters. The predicted molar refractivity (Wildman–Crippen MR) is 67.1 cm³/mol. The zero-order valence-electron chi connectivity index (χ0n) is 10.4. The summed E-state index contributed by atoms with van der Waals surface area (Å²) < 4.78 is 11.8. The minimum Gasteiger partial charge on any atom is -0.454 e. The number of hydrogen-bond acceptors (Lipinski definition) is 6. The van der Waals surface area contributed by atoms with Crippen molar-refractivity contribution in [3.8, 4) is 11.5 Å². The van der Waals surface area contributed by atoms with Gasteiger partial charge in [-0.2, -0.15) is 0 Å². The van der Waals surface area contributed by atoms with E-state index in [1.807, 2.05) is 0 Å². The van der Waals surface area contributed by atoms with Gasteiger partial charge in [-0.15, -0.1) is 5.10 Å². The second kappa shape index (κ2) is 5.17. The van der Waals surface area contributed by atoms with Crippen LogP contribution in [-0.4, -0.2) is 32.8 Å². The molecule has 2 aromatic rings. The zero-order chi connectivity index (χ0) is 13.9. The molecule has 0 atom stereocenters. The third kappa shape index (κ3) is 2.41. The molecule has 1 aromatic heterocycles. The molecule has 2 N–H and O–H groups in total. The number of aromatic nitrogens is 3. The lowest BCUT2D eigenvalue weighted by molar-refractivity contribution is -0.117. The summed E-state index contributed by atoms with van der Waals surface area (Å²) in [4.78, 5) is 11.9. The molecule has 8 heteroatoms. The van der Waals surface area contributed by atoms with Crippen molar-refractivity contribution in [3.63, 3.8) is 0 Å². The summed E-state index contributed by atoms with van der Waals surface area (Å²) in [5.41, 5.74) is 1.08. The molecule has 104 valence electrons. The fourth-order valence-corrected chi connectivity index (χ4v) is 1.85. The fraction of sp³-hybridized carbons (Fsp3) is 0.250. The highest BCUT2D eigenvalue weighted by Crippen LogP contribution is 2.34. The normalized spacial score (nSPS) is 12.4. The summed E-state index contributed by atoms with van der Waals surface area (Å²) in [7, 11) is 0. The van der Waals surface area contributed by atoms with E-state index in [0.717, 1.165) is 0 Å². The number of hydrogen-bond donors (Lipinski definition) is 2. The number of benzene rings is 1. The van der Waals surface area contributed by atoms with Gasteiger partial charge >= 0.3 is 0 Å². The van der Waals surface area contributed by atoms with Crippen LogP contribution in [0.2, 0.25) is 0 Å². The Bertz CT molecular complexity index is 640. The van der Waals surface area contributed by atoms with Crippen molar-refractivity contribution >= 4 is 11.6 Å². The van der Waals surface area contributed by atoms with Gasteiger partial charge in [0.1, 0.15) is 6.54 Å². The SMILES string of the molecule is O=C(Cn1nncc1CO)Nc1ccc2c(c1)OCO2. The van der Waals surface area contributed by atoms with Gasteiger partial charge in [0.05, 0.1) is 18.5 Å². The standard InChI is InChI=1S/C12H12N4O4/c17-6-9-4-13-15-16(9)5-12(18)14-8-1-2-10-11(3-8)20-7-19-10/h1-4,17H,5-7H2,(H,14,18). The molecule has 1 aliphatic rings. The minimum atomic E-state index is -0.274. The van der Waals surface area contributed by atoms with E-state index in [0.29, 0.717) is 22.9 Å². The molecule has 0 saturated carbocycles. The van der Waals surface area contributed by atoms with E-state index in [1.54, 1.807) is 18.2 Å². The molecule has 3 rings (SSSR count). The van der Waals surface area contributed by atoms with Crippen LogP contribution < -0.4 is 14.8 Å². The van der Waals surface area contributed by atoms with Crippen LogP contribution >= 0.6 is 0 Å². The van der Waals surface area contributed by atoms with E-state index >= 15 is 0 Å². The van der Waals surface area contributed by atoms with E-state index in [2.05, 4.69) is 15.6 Å². The number of carbonyl (C=O) groups is 1. The van der Waals surface area contributed by atoms with Gasteiger partial charge in [-0.1, -0.05) is 5.21 Å². The summed E-state index contributed by atoms with van der Waals surface area (Å²) in [6, 6.07) is 5.14. The highest BCUT2D eigenvalue weighted by molar-refractivity contribution is 5.90. The lowest BCUT2D eigenvalue weighted by Crippen LogP contribution is -2.21. The number of anilines is 1. The number of ether oxygens (including phenoxy) is 2. The minimum absolute atomic E-state index is 0.0235. The van der Waals surface area contributed by atoms with Crippen molar-refractivity contribution in [1.29, 1.82) is 0 Å². The number of carbonyl (C=O) groups excluding carboxylic acids is 1. The Hall–Kier alpha value is -2.61. The highest BCUT2D eigenvalue weighted by atomic mass is 16.7. The summed E-state index contributed by atoms with van der Waals surface area (Å²) >= 11 is 0. The number of nitrogens with zero attached hydrogens (tertiary/aromatic N) is 3. The Morgan fingerprint density at radius 3 is 3.10 bits per heavy atom. The van der Waals surface area contributed by atoms with E-state index in [4.69, 9.17) is 14.6 Å². The Balaban J connectivity index is 1.67. The quantitative estimate of drug-likeness (QED) is 0.824. The second-order valence-electron chi connectivity index (χ2n) is 4.16. The summed E-state index contributed by atoms with van der Waals surface area (Å²) in [6.07, 6.45) is 1.41. The molecule has 20 heavy (non-hydrogen) atoms. The van der Waals surface area contributed by atoms with Crippen molar-refractivity contribution in [3.05, 3.63) is 30.1 Å². The predicted octanol–water partition coefficient (Wildman–Crippen LogP) is 0.138. The first-order valence-corrected chi connectivity index (χ1v) is 5.94. The molecule has 1 aliphatic heterocycles. The topological polar surface area (TPSA) is 98.5 Å². The number of nitrogens with one attached hydrogen (secondary N) is 1. The highest BCUT2D eigenvalue weighted by Gasteiger charge is 2.14. The maximum atomic E-state index is 11.9. The van der Waals surface area contributed by atoms with Crippen LogP contribution in [0.4, 0.5) is 5.69 Å². The Kier molecular flexibility index (Phi) is 3.21. The first kappa shape index (κ1) is 12.4. The first-order chi connectivity index (χ1) is 9.76. The number of aliphatic hydroxyl groups is 1. The van der Waals surface area contributed by atoms with Crippen molar-refractivity contribution in [2.75, 3.05) is 12.1 Å². The van der Waals surface area contributed by atoms with Gasteiger partial charge in [0, 0.05) is 11.8 Å². The number of aliphatic hydroxyl groups excluding tert-OH is 1. The maximum absolute atomic E-state index is 11.9. The molecular weight excluding hydrogens is 264 g/mol. The molecule has 0 aliphatic carbocycles. The summed E-state index contributed by atoms with van der Waals surface area (Å²) in [6.45, 7) is -0.0554. The van der Waals surface area contributed by atoms with Crippen LogP contribution in [0.25, 0.3) is 0 Å². The van der Waals surface area contributed by atoms with Crippen LogP contribution in [0.1, 0.15) is 5.69 Å². The number of fused-ring (bicyclic) bond motifs is 1. The molecule has 0 saturated heterocycles. The lowest BCUT2D eigenvalue weighted by atomic mass is 10.3. The summed E-state index contributed by atoms with van der Waals surface area (Å²) in [5.74, 6) is 0.977. The average molecular weight is 276 g/mol. The van der Waals surface area contributed by atoms with Crippen molar-refractivity contribution in [2.45, 2.75) is 13.2 Å². The van der Waals surface area contributed by atoms with Crippen LogP contribution in [0.3, 0.4) is 0 Å². The Morgan fingerprint density at radius 2 is 2.25 bits per heavy atom. The molecule has 2 heterocycles. The van der Waals surface area contributed by atoms with Gasteiger partial charge in [0.15, 0.2) is 11.5 Å². The molecule has 1 aromatic carbocycles. The molecular formula is C12H12N4O4. The van der Waals surface area contributed by atoms with E-state index in [9.17, 15) is 4.79 Å². The Morgan fingerprint density at radius 1 is 1.40 bits per heavy atom. The smallest absolute Gasteiger partial charge is 0.246 e. The molecule has 0 spiro atoms. The Labute approximate surface area is 113 Å². The molecule has 0 bridgehead atoms. The first-order valence-electron chi connectivity index (χ1n) is 5.94. The largest absolute Gasteiger partial charge is 0.454 e. The van der Waals surface area contributed by atoms with Crippen molar-refractivity contribution in [1.82, 2.24) is 15.0 Å². The monoisotopic (exact) mass is 276 g/mol. The van der Waals surface area contributed by atoms with Crippen LogP contribution in [0.5, 0.6) is 11.5 Å².